The number of para-hydroxylation sites is 1. The number of anilines is 3. The molecule has 0 fully saturated rings. The Morgan fingerprint density at radius 1 is 0.425 bits per heavy atom. The maximum Gasteiger partial charge on any atom is 0.143 e. The first-order valence-electron chi connectivity index (χ1n) is 13.6. The van der Waals surface area contributed by atoms with E-state index in [0.717, 1.165) is 44.4 Å². The first-order chi connectivity index (χ1) is 19.8. The molecule has 0 aliphatic carbocycles. The number of nitrogens with zero attached hydrogens (tertiary/aromatic N) is 1. The van der Waals surface area contributed by atoms with Crippen molar-refractivity contribution in [2.75, 3.05) is 4.90 Å². The van der Waals surface area contributed by atoms with E-state index < -0.39 is 0 Å². The van der Waals surface area contributed by atoms with Gasteiger partial charge >= 0.3 is 0 Å². The molecule has 40 heavy (non-hydrogen) atoms. The van der Waals surface area contributed by atoms with Crippen molar-refractivity contribution in [3.8, 4) is 11.1 Å². The molecule has 0 N–H and O–H groups in total. The monoisotopic (exact) mass is 511 g/mol. The summed E-state index contributed by atoms with van der Waals surface area (Å²) in [6, 6.07) is 53.7. The summed E-state index contributed by atoms with van der Waals surface area (Å²) >= 11 is 0. The van der Waals surface area contributed by atoms with Crippen molar-refractivity contribution in [2.24, 2.45) is 0 Å². The molecular weight excluding hydrogens is 486 g/mol. The normalized spacial score (nSPS) is 11.5. The van der Waals surface area contributed by atoms with Crippen molar-refractivity contribution in [1.82, 2.24) is 0 Å². The molecule has 0 atom stereocenters. The topological polar surface area (TPSA) is 16.4 Å². The first-order valence-corrected chi connectivity index (χ1v) is 13.6. The summed E-state index contributed by atoms with van der Waals surface area (Å²) in [5.74, 6) is 0. The van der Waals surface area contributed by atoms with E-state index in [2.05, 4.69) is 157 Å². The summed E-state index contributed by atoms with van der Waals surface area (Å²) in [5.41, 5.74) is 7.55. The molecule has 2 nitrogen and oxygen atoms in total. The molecule has 8 rings (SSSR count). The second kappa shape index (κ2) is 9.14. The van der Waals surface area contributed by atoms with Crippen LogP contribution in [0.25, 0.3) is 54.6 Å². The molecule has 0 aliphatic heterocycles. The van der Waals surface area contributed by atoms with Crippen LogP contribution in [0.15, 0.2) is 156 Å². The van der Waals surface area contributed by atoms with Crippen LogP contribution >= 0.6 is 0 Å². The molecule has 0 unspecified atom stereocenters. The summed E-state index contributed by atoms with van der Waals surface area (Å²) in [7, 11) is 0. The van der Waals surface area contributed by atoms with E-state index in [-0.39, 0.29) is 0 Å². The molecule has 0 amide bonds. The number of fused-ring (bicyclic) bond motifs is 6. The minimum absolute atomic E-state index is 0.886. The lowest BCUT2D eigenvalue weighted by molar-refractivity contribution is 0.672. The van der Waals surface area contributed by atoms with Crippen LogP contribution in [-0.2, 0) is 0 Å². The van der Waals surface area contributed by atoms with Crippen molar-refractivity contribution < 1.29 is 4.42 Å². The molecule has 0 aliphatic rings. The summed E-state index contributed by atoms with van der Waals surface area (Å²) < 4.78 is 6.52. The second-order valence-corrected chi connectivity index (χ2v) is 10.2. The van der Waals surface area contributed by atoms with Crippen molar-refractivity contribution in [3.05, 3.63) is 152 Å². The van der Waals surface area contributed by atoms with Crippen LogP contribution in [0.5, 0.6) is 0 Å². The first kappa shape index (κ1) is 22.6. The fourth-order valence-electron chi connectivity index (χ4n) is 5.99. The molecule has 0 saturated carbocycles. The second-order valence-electron chi connectivity index (χ2n) is 10.2. The van der Waals surface area contributed by atoms with E-state index >= 15 is 0 Å². The van der Waals surface area contributed by atoms with Gasteiger partial charge in [0.1, 0.15) is 11.2 Å². The molecular formula is C38H25NO. The predicted molar refractivity (Wildman–Crippen MR) is 169 cm³/mol. The number of benzene rings is 7. The summed E-state index contributed by atoms with van der Waals surface area (Å²) in [4.78, 5) is 2.33. The van der Waals surface area contributed by atoms with Gasteiger partial charge in [-0.2, -0.15) is 0 Å². The van der Waals surface area contributed by atoms with Crippen LogP contribution in [0.3, 0.4) is 0 Å². The fourth-order valence-corrected chi connectivity index (χ4v) is 5.99. The molecule has 0 bridgehead atoms. The molecule has 8 aromatic rings. The molecule has 0 saturated heterocycles. The fraction of sp³-hybridized carbons (Fsp3) is 0. The lowest BCUT2D eigenvalue weighted by atomic mass is 9.98. The number of hydrogen-bond donors (Lipinski definition) is 0. The van der Waals surface area contributed by atoms with E-state index in [0.29, 0.717) is 0 Å². The van der Waals surface area contributed by atoms with E-state index in [9.17, 15) is 0 Å². The lowest BCUT2D eigenvalue weighted by Crippen LogP contribution is -2.10. The molecule has 188 valence electrons. The van der Waals surface area contributed by atoms with Crippen LogP contribution in [0, 0.1) is 0 Å². The highest BCUT2D eigenvalue weighted by atomic mass is 16.3. The highest BCUT2D eigenvalue weighted by molar-refractivity contribution is 6.19. The van der Waals surface area contributed by atoms with Gasteiger partial charge in [0.25, 0.3) is 0 Å². The average molecular weight is 512 g/mol. The quantitative estimate of drug-likeness (QED) is 0.234. The highest BCUT2D eigenvalue weighted by Crippen LogP contribution is 2.44. The standard InChI is InChI=1S/C38H25NO/c1-2-13-29(14-3-1)39(30-23-20-28(21-24-30)32-17-8-12-26-10-4-6-15-31(26)32)35-18-9-19-36-37(35)34-25-22-27-11-5-7-16-33(27)38(34)40-36/h1-25H. The largest absolute Gasteiger partial charge is 0.455 e. The third-order valence-electron chi connectivity index (χ3n) is 7.85. The zero-order valence-corrected chi connectivity index (χ0v) is 21.8. The van der Waals surface area contributed by atoms with Gasteiger partial charge in [0.05, 0.1) is 11.1 Å². The van der Waals surface area contributed by atoms with Gasteiger partial charge in [-0.1, -0.05) is 109 Å². The van der Waals surface area contributed by atoms with Gasteiger partial charge in [0, 0.05) is 22.1 Å². The van der Waals surface area contributed by atoms with Gasteiger partial charge in [0.15, 0.2) is 0 Å². The van der Waals surface area contributed by atoms with Crippen molar-refractivity contribution in [1.29, 1.82) is 0 Å². The third kappa shape index (κ3) is 3.58. The Morgan fingerprint density at radius 2 is 1.07 bits per heavy atom. The lowest BCUT2D eigenvalue weighted by Gasteiger charge is -2.26. The van der Waals surface area contributed by atoms with E-state index in [4.69, 9.17) is 4.42 Å². The Hall–Kier alpha value is -5.34. The number of furan rings is 1. The summed E-state index contributed by atoms with van der Waals surface area (Å²) in [6.07, 6.45) is 0. The summed E-state index contributed by atoms with van der Waals surface area (Å²) in [5, 5.41) is 7.07. The van der Waals surface area contributed by atoms with Gasteiger partial charge in [-0.25, -0.2) is 0 Å². The molecule has 0 radical (unpaired) electrons. The minimum atomic E-state index is 0.886. The molecule has 0 spiro atoms. The van der Waals surface area contributed by atoms with Gasteiger partial charge in [-0.15, -0.1) is 0 Å². The number of rotatable bonds is 4. The van der Waals surface area contributed by atoms with Crippen molar-refractivity contribution >= 4 is 60.5 Å². The Bertz CT molecular complexity index is 2150. The zero-order chi connectivity index (χ0) is 26.5. The van der Waals surface area contributed by atoms with Crippen LogP contribution in [0.1, 0.15) is 0 Å². The molecule has 7 aromatic carbocycles. The Balaban J connectivity index is 1.33. The predicted octanol–water partition coefficient (Wildman–Crippen LogP) is 11.0. The molecule has 2 heteroatoms. The van der Waals surface area contributed by atoms with E-state index in [1.807, 2.05) is 0 Å². The smallest absolute Gasteiger partial charge is 0.143 e. The van der Waals surface area contributed by atoms with Crippen molar-refractivity contribution in [2.45, 2.75) is 0 Å². The Kier molecular flexibility index (Phi) is 5.17. The SMILES string of the molecule is c1ccc(N(c2ccc(-c3cccc4ccccc34)cc2)c2cccc3oc4c5ccccc5ccc4c23)cc1. The maximum absolute atomic E-state index is 6.52. The molecule has 1 aromatic heterocycles. The van der Waals surface area contributed by atoms with Gasteiger partial charge in [-0.05, 0) is 69.8 Å². The van der Waals surface area contributed by atoms with Crippen molar-refractivity contribution in [3.63, 3.8) is 0 Å². The Morgan fingerprint density at radius 3 is 1.90 bits per heavy atom. The van der Waals surface area contributed by atoms with Crippen LogP contribution in [0.4, 0.5) is 17.1 Å². The van der Waals surface area contributed by atoms with Gasteiger partial charge in [-0.3, -0.25) is 0 Å². The summed E-state index contributed by atoms with van der Waals surface area (Å²) in [6.45, 7) is 0. The van der Waals surface area contributed by atoms with Gasteiger partial charge < -0.3 is 9.32 Å². The van der Waals surface area contributed by atoms with Crippen LogP contribution < -0.4 is 4.90 Å². The zero-order valence-electron chi connectivity index (χ0n) is 21.8. The van der Waals surface area contributed by atoms with E-state index in [1.54, 1.807) is 0 Å². The van der Waals surface area contributed by atoms with E-state index in [1.165, 1.54) is 27.3 Å². The molecule has 1 heterocycles. The average Bonchev–Trinajstić information content (AvgIpc) is 3.42. The Labute approximate surface area is 232 Å². The highest BCUT2D eigenvalue weighted by Gasteiger charge is 2.20. The number of hydrogen-bond acceptors (Lipinski definition) is 2. The third-order valence-corrected chi connectivity index (χ3v) is 7.85. The minimum Gasteiger partial charge on any atom is -0.455 e. The van der Waals surface area contributed by atoms with Crippen LogP contribution in [0.2, 0.25) is 0 Å². The van der Waals surface area contributed by atoms with Gasteiger partial charge in [0.2, 0.25) is 0 Å². The van der Waals surface area contributed by atoms with Crippen LogP contribution in [-0.4, -0.2) is 0 Å². The maximum atomic E-state index is 6.52.